The molecule has 26 heavy (non-hydrogen) atoms. The Kier molecular flexibility index (Phi) is 6.14. The number of methoxy groups -OCH3 is 1. The van der Waals surface area contributed by atoms with E-state index in [1.54, 1.807) is 17.8 Å². The number of carbonyl (C=O) groups excluding carboxylic acids is 1. The molecule has 0 aliphatic carbocycles. The van der Waals surface area contributed by atoms with Crippen LogP contribution < -0.4 is 10.1 Å². The summed E-state index contributed by atoms with van der Waals surface area (Å²) in [6.45, 7) is 0.110. The van der Waals surface area contributed by atoms with Crippen molar-refractivity contribution >= 4 is 39.9 Å². The van der Waals surface area contributed by atoms with Crippen LogP contribution in [0.1, 0.15) is 16.1 Å². The predicted molar refractivity (Wildman–Crippen MR) is 106 cm³/mol. The number of benzene rings is 2. The molecule has 0 amide bonds. The van der Waals surface area contributed by atoms with Gasteiger partial charge in [0.1, 0.15) is 17.9 Å². The third-order valence-corrected chi connectivity index (χ3v) is 5.09. The number of aromatic nitrogens is 1. The average molecular weight is 386 g/mol. The maximum atomic E-state index is 12.3. The largest absolute Gasteiger partial charge is 0.496 e. The monoisotopic (exact) mass is 386 g/mol. The van der Waals surface area contributed by atoms with Gasteiger partial charge in [-0.1, -0.05) is 18.2 Å². The molecule has 0 radical (unpaired) electrons. The molecule has 134 valence electrons. The van der Waals surface area contributed by atoms with Gasteiger partial charge in [0.15, 0.2) is 5.13 Å². The van der Waals surface area contributed by atoms with E-state index in [1.807, 2.05) is 54.1 Å². The number of esters is 1. The Labute approximate surface area is 160 Å². The van der Waals surface area contributed by atoms with Crippen molar-refractivity contribution < 1.29 is 14.3 Å². The van der Waals surface area contributed by atoms with Crippen LogP contribution in [-0.2, 0) is 11.3 Å². The number of thioether (sulfide) groups is 1. The third-order valence-electron chi connectivity index (χ3n) is 3.56. The summed E-state index contributed by atoms with van der Waals surface area (Å²) in [6.07, 6.45) is 1.97. The molecule has 0 spiro atoms. The van der Waals surface area contributed by atoms with Crippen LogP contribution in [0.25, 0.3) is 0 Å². The SMILES string of the molecule is COc1cc(SC)ccc1C(=O)OCc1csc(Nc2ccccc2)n1. The molecule has 0 atom stereocenters. The summed E-state index contributed by atoms with van der Waals surface area (Å²) in [7, 11) is 1.54. The van der Waals surface area contributed by atoms with Crippen molar-refractivity contribution in [1.82, 2.24) is 4.98 Å². The lowest BCUT2D eigenvalue weighted by Crippen LogP contribution is -2.07. The van der Waals surface area contributed by atoms with Gasteiger partial charge in [-0.15, -0.1) is 23.1 Å². The fourth-order valence-corrected chi connectivity index (χ4v) is 3.40. The van der Waals surface area contributed by atoms with E-state index < -0.39 is 5.97 Å². The number of rotatable bonds is 7. The minimum Gasteiger partial charge on any atom is -0.496 e. The van der Waals surface area contributed by atoms with Gasteiger partial charge in [-0.2, -0.15) is 0 Å². The Balaban J connectivity index is 1.61. The van der Waals surface area contributed by atoms with E-state index >= 15 is 0 Å². The highest BCUT2D eigenvalue weighted by Crippen LogP contribution is 2.26. The smallest absolute Gasteiger partial charge is 0.342 e. The molecule has 1 N–H and O–H groups in total. The minimum atomic E-state index is -0.430. The third kappa shape index (κ3) is 4.56. The zero-order valence-electron chi connectivity index (χ0n) is 14.4. The number of hydrogen-bond acceptors (Lipinski definition) is 7. The zero-order chi connectivity index (χ0) is 18.4. The maximum Gasteiger partial charge on any atom is 0.342 e. The Hall–Kier alpha value is -2.51. The highest BCUT2D eigenvalue weighted by molar-refractivity contribution is 7.98. The van der Waals surface area contributed by atoms with Crippen molar-refractivity contribution in [1.29, 1.82) is 0 Å². The average Bonchev–Trinajstić information content (AvgIpc) is 3.13. The van der Waals surface area contributed by atoms with Crippen molar-refractivity contribution in [2.45, 2.75) is 11.5 Å². The molecule has 1 aromatic heterocycles. The van der Waals surface area contributed by atoms with Gasteiger partial charge in [-0.25, -0.2) is 9.78 Å². The standard InChI is InChI=1S/C19H18N2O3S2/c1-23-17-10-15(25-2)8-9-16(17)18(22)24-11-14-12-26-19(21-14)20-13-6-4-3-5-7-13/h3-10,12H,11H2,1-2H3,(H,20,21). The van der Waals surface area contributed by atoms with Crippen LogP contribution in [0.15, 0.2) is 58.8 Å². The van der Waals surface area contributed by atoms with Crippen LogP contribution in [0.3, 0.4) is 0 Å². The van der Waals surface area contributed by atoms with Gasteiger partial charge >= 0.3 is 5.97 Å². The van der Waals surface area contributed by atoms with Crippen LogP contribution in [0.5, 0.6) is 5.75 Å². The van der Waals surface area contributed by atoms with Crippen LogP contribution in [0.2, 0.25) is 0 Å². The van der Waals surface area contributed by atoms with E-state index in [0.29, 0.717) is 17.0 Å². The van der Waals surface area contributed by atoms with Crippen molar-refractivity contribution in [3.8, 4) is 5.75 Å². The second-order valence-electron chi connectivity index (χ2n) is 5.28. The van der Waals surface area contributed by atoms with E-state index in [1.165, 1.54) is 18.4 Å². The summed E-state index contributed by atoms with van der Waals surface area (Å²) in [5.74, 6) is 0.0756. The van der Waals surface area contributed by atoms with Gasteiger partial charge in [-0.3, -0.25) is 0 Å². The summed E-state index contributed by atoms with van der Waals surface area (Å²) >= 11 is 3.05. The zero-order valence-corrected chi connectivity index (χ0v) is 16.0. The second kappa shape index (κ2) is 8.73. The number of thiazole rings is 1. The van der Waals surface area contributed by atoms with Gasteiger partial charge < -0.3 is 14.8 Å². The molecule has 0 fully saturated rings. The van der Waals surface area contributed by atoms with E-state index in [-0.39, 0.29) is 6.61 Å². The molecule has 0 saturated heterocycles. The van der Waals surface area contributed by atoms with E-state index in [0.717, 1.165) is 15.7 Å². The first-order valence-corrected chi connectivity index (χ1v) is 9.95. The number of nitrogens with zero attached hydrogens (tertiary/aromatic N) is 1. The molecule has 2 aromatic carbocycles. The molecule has 5 nitrogen and oxygen atoms in total. The molecular weight excluding hydrogens is 368 g/mol. The van der Waals surface area contributed by atoms with Crippen molar-refractivity contribution in [2.24, 2.45) is 0 Å². The first-order chi connectivity index (χ1) is 12.7. The summed E-state index contributed by atoms with van der Waals surface area (Å²) in [5.41, 5.74) is 2.06. The topological polar surface area (TPSA) is 60.5 Å². The normalized spacial score (nSPS) is 10.4. The molecule has 0 aliphatic rings. The summed E-state index contributed by atoms with van der Waals surface area (Å²) in [4.78, 5) is 17.8. The molecule has 0 unspecified atom stereocenters. The van der Waals surface area contributed by atoms with E-state index in [9.17, 15) is 4.79 Å². The molecule has 1 heterocycles. The van der Waals surface area contributed by atoms with E-state index in [4.69, 9.17) is 9.47 Å². The van der Waals surface area contributed by atoms with Gasteiger partial charge in [0.25, 0.3) is 0 Å². The fraction of sp³-hybridized carbons (Fsp3) is 0.158. The summed E-state index contributed by atoms with van der Waals surface area (Å²) < 4.78 is 10.7. The highest BCUT2D eigenvalue weighted by Gasteiger charge is 2.15. The lowest BCUT2D eigenvalue weighted by molar-refractivity contribution is 0.0464. The van der Waals surface area contributed by atoms with Crippen molar-refractivity contribution in [2.75, 3.05) is 18.7 Å². The highest BCUT2D eigenvalue weighted by atomic mass is 32.2. The second-order valence-corrected chi connectivity index (χ2v) is 7.02. The van der Waals surface area contributed by atoms with Gasteiger partial charge in [0.2, 0.25) is 0 Å². The maximum absolute atomic E-state index is 12.3. The molecule has 7 heteroatoms. The Bertz CT molecular complexity index is 882. The van der Waals surface area contributed by atoms with Gasteiger partial charge in [0, 0.05) is 16.0 Å². The number of nitrogens with one attached hydrogen (secondary N) is 1. The number of anilines is 2. The number of para-hydroxylation sites is 1. The Morgan fingerprint density at radius 2 is 2.04 bits per heavy atom. The number of hydrogen-bond donors (Lipinski definition) is 1. The quantitative estimate of drug-likeness (QED) is 0.457. The van der Waals surface area contributed by atoms with Crippen LogP contribution >= 0.6 is 23.1 Å². The predicted octanol–water partition coefficient (Wildman–Crippen LogP) is 4.97. The van der Waals surface area contributed by atoms with Gasteiger partial charge in [-0.05, 0) is 36.6 Å². The first kappa shape index (κ1) is 18.3. The van der Waals surface area contributed by atoms with Crippen LogP contribution in [0.4, 0.5) is 10.8 Å². The molecular formula is C19H18N2O3S2. The van der Waals surface area contributed by atoms with Gasteiger partial charge in [0.05, 0.1) is 12.8 Å². The molecule has 0 saturated carbocycles. The summed E-state index contributed by atoms with van der Waals surface area (Å²) in [5, 5.41) is 5.84. The van der Waals surface area contributed by atoms with E-state index in [2.05, 4.69) is 10.3 Å². The van der Waals surface area contributed by atoms with Crippen molar-refractivity contribution in [3.05, 3.63) is 65.2 Å². The number of ether oxygens (including phenoxy) is 2. The van der Waals surface area contributed by atoms with Crippen LogP contribution in [-0.4, -0.2) is 24.3 Å². The first-order valence-electron chi connectivity index (χ1n) is 7.85. The Morgan fingerprint density at radius 3 is 2.77 bits per heavy atom. The molecule has 0 bridgehead atoms. The van der Waals surface area contributed by atoms with Crippen LogP contribution in [0, 0.1) is 0 Å². The van der Waals surface area contributed by atoms with Crippen molar-refractivity contribution in [3.63, 3.8) is 0 Å². The minimum absolute atomic E-state index is 0.110. The molecule has 0 aliphatic heterocycles. The lowest BCUT2D eigenvalue weighted by atomic mass is 10.2. The summed E-state index contributed by atoms with van der Waals surface area (Å²) in [6, 6.07) is 15.2. The molecule has 3 aromatic rings. The Morgan fingerprint density at radius 1 is 1.23 bits per heavy atom. The lowest BCUT2D eigenvalue weighted by Gasteiger charge is -2.09. The number of carbonyl (C=O) groups is 1. The fourth-order valence-electron chi connectivity index (χ4n) is 2.26. The molecule has 3 rings (SSSR count).